The summed E-state index contributed by atoms with van der Waals surface area (Å²) >= 11 is 0. The maximum absolute atomic E-state index is 12.8. The third-order valence-electron chi connectivity index (χ3n) is 5.69. The number of carbonyl (C=O) groups is 1. The van der Waals surface area contributed by atoms with Crippen molar-refractivity contribution in [2.24, 2.45) is 0 Å². The molecule has 29 heavy (non-hydrogen) atoms. The van der Waals surface area contributed by atoms with Gasteiger partial charge >= 0.3 is 0 Å². The van der Waals surface area contributed by atoms with Crippen LogP contribution in [0.15, 0.2) is 36.4 Å². The summed E-state index contributed by atoms with van der Waals surface area (Å²) in [6.07, 6.45) is 6.45. The predicted octanol–water partition coefficient (Wildman–Crippen LogP) is 4.37. The van der Waals surface area contributed by atoms with Crippen molar-refractivity contribution in [2.45, 2.75) is 52.1 Å². The molecule has 1 fully saturated rings. The molecule has 0 unspecified atom stereocenters. The van der Waals surface area contributed by atoms with E-state index in [2.05, 4.69) is 30.7 Å². The molecule has 0 N–H and O–H groups in total. The molecule has 0 aliphatic carbocycles. The van der Waals surface area contributed by atoms with Crippen LogP contribution in [0, 0.1) is 0 Å². The number of aromatic nitrogens is 1. The number of likely N-dealkylation sites (N-methyl/N-ethyl adjacent to an activating group) is 1. The number of carbonyl (C=O) groups excluding carboxylic acids is 1. The molecule has 1 amide bonds. The highest BCUT2D eigenvalue weighted by molar-refractivity contribution is 5.93. The SMILES string of the molecule is CCCOc1nc2ccccc2cc1/C=C/C(=O)N(C)C1CCN(C(C)C)CC1. The first-order valence-electron chi connectivity index (χ1n) is 10.7. The van der Waals surface area contributed by atoms with Crippen molar-refractivity contribution in [3.63, 3.8) is 0 Å². The number of nitrogens with zero attached hydrogens (tertiary/aromatic N) is 3. The van der Waals surface area contributed by atoms with E-state index in [1.54, 1.807) is 6.08 Å². The summed E-state index contributed by atoms with van der Waals surface area (Å²) in [6, 6.07) is 10.9. The standard InChI is InChI=1S/C24H33N3O2/c1-5-16-29-24-20(17-19-8-6-7-9-22(19)25-24)10-11-23(28)26(4)21-12-14-27(15-13-21)18(2)3/h6-11,17-18,21H,5,12-16H2,1-4H3/b11-10+. The minimum atomic E-state index is 0.0302. The summed E-state index contributed by atoms with van der Waals surface area (Å²) in [5.41, 5.74) is 1.74. The van der Waals surface area contributed by atoms with Crippen molar-refractivity contribution in [2.75, 3.05) is 26.7 Å². The zero-order chi connectivity index (χ0) is 20.8. The number of rotatable bonds is 7. The van der Waals surface area contributed by atoms with E-state index in [1.807, 2.05) is 48.4 Å². The van der Waals surface area contributed by atoms with Gasteiger partial charge in [0.05, 0.1) is 12.1 Å². The van der Waals surface area contributed by atoms with E-state index in [4.69, 9.17) is 4.74 Å². The number of para-hydroxylation sites is 1. The Hall–Kier alpha value is -2.40. The predicted molar refractivity (Wildman–Crippen MR) is 119 cm³/mol. The molecule has 1 saturated heterocycles. The second kappa shape index (κ2) is 9.88. The minimum absolute atomic E-state index is 0.0302. The van der Waals surface area contributed by atoms with Crippen LogP contribution < -0.4 is 4.74 Å². The number of benzene rings is 1. The molecular weight excluding hydrogens is 362 g/mol. The van der Waals surface area contributed by atoms with Gasteiger partial charge in [-0.05, 0) is 51.3 Å². The van der Waals surface area contributed by atoms with Gasteiger partial charge in [0, 0.05) is 49.2 Å². The van der Waals surface area contributed by atoms with Gasteiger partial charge < -0.3 is 14.5 Å². The number of hydrogen-bond acceptors (Lipinski definition) is 4. The third kappa shape index (κ3) is 5.36. The van der Waals surface area contributed by atoms with E-state index in [9.17, 15) is 4.79 Å². The quantitative estimate of drug-likeness (QED) is 0.653. The smallest absolute Gasteiger partial charge is 0.246 e. The van der Waals surface area contributed by atoms with Crippen LogP contribution in [0.5, 0.6) is 5.88 Å². The molecule has 0 atom stereocenters. The van der Waals surface area contributed by atoms with Crippen molar-refractivity contribution in [3.8, 4) is 5.88 Å². The molecule has 1 aliphatic heterocycles. The van der Waals surface area contributed by atoms with Crippen molar-refractivity contribution in [3.05, 3.63) is 42.0 Å². The highest BCUT2D eigenvalue weighted by Gasteiger charge is 2.25. The van der Waals surface area contributed by atoms with E-state index in [1.165, 1.54) is 0 Å². The van der Waals surface area contributed by atoms with E-state index >= 15 is 0 Å². The molecule has 3 rings (SSSR count). The zero-order valence-corrected chi connectivity index (χ0v) is 18.1. The second-order valence-electron chi connectivity index (χ2n) is 8.07. The van der Waals surface area contributed by atoms with E-state index in [-0.39, 0.29) is 5.91 Å². The lowest BCUT2D eigenvalue weighted by molar-refractivity contribution is -0.127. The summed E-state index contributed by atoms with van der Waals surface area (Å²) in [4.78, 5) is 21.8. The van der Waals surface area contributed by atoms with Crippen LogP contribution in [0.2, 0.25) is 0 Å². The van der Waals surface area contributed by atoms with E-state index < -0.39 is 0 Å². The van der Waals surface area contributed by atoms with Gasteiger partial charge in [0.25, 0.3) is 0 Å². The van der Waals surface area contributed by atoms with Gasteiger partial charge in [-0.1, -0.05) is 25.1 Å². The highest BCUT2D eigenvalue weighted by atomic mass is 16.5. The average molecular weight is 396 g/mol. The molecule has 0 radical (unpaired) electrons. The number of pyridine rings is 1. The van der Waals surface area contributed by atoms with Crippen molar-refractivity contribution >= 4 is 22.9 Å². The molecular formula is C24H33N3O2. The van der Waals surface area contributed by atoms with Crippen LogP contribution in [0.3, 0.4) is 0 Å². The molecule has 1 aliphatic rings. The van der Waals surface area contributed by atoms with Gasteiger partial charge in [0.1, 0.15) is 0 Å². The fourth-order valence-electron chi connectivity index (χ4n) is 3.80. The topological polar surface area (TPSA) is 45.7 Å². The Bertz CT molecular complexity index is 854. The maximum atomic E-state index is 12.8. The highest BCUT2D eigenvalue weighted by Crippen LogP contribution is 2.24. The van der Waals surface area contributed by atoms with Crippen LogP contribution in [-0.4, -0.2) is 59.5 Å². The molecule has 1 aromatic carbocycles. The first kappa shape index (κ1) is 21.3. The van der Waals surface area contributed by atoms with Crippen LogP contribution in [-0.2, 0) is 4.79 Å². The molecule has 156 valence electrons. The summed E-state index contributed by atoms with van der Waals surface area (Å²) in [5.74, 6) is 0.616. The fraction of sp³-hybridized carbons (Fsp3) is 0.500. The largest absolute Gasteiger partial charge is 0.477 e. The Labute approximate surface area is 174 Å². The maximum Gasteiger partial charge on any atom is 0.246 e. The number of likely N-dealkylation sites (tertiary alicyclic amines) is 1. The molecule has 2 heterocycles. The monoisotopic (exact) mass is 395 g/mol. The molecule has 2 aromatic rings. The molecule has 5 heteroatoms. The molecule has 5 nitrogen and oxygen atoms in total. The van der Waals surface area contributed by atoms with Crippen LogP contribution >= 0.6 is 0 Å². The zero-order valence-electron chi connectivity index (χ0n) is 18.1. The van der Waals surface area contributed by atoms with Gasteiger partial charge in [-0.2, -0.15) is 0 Å². The Balaban J connectivity index is 1.72. The number of fused-ring (bicyclic) bond motifs is 1. The van der Waals surface area contributed by atoms with Gasteiger partial charge in [-0.15, -0.1) is 0 Å². The lowest BCUT2D eigenvalue weighted by Gasteiger charge is -2.38. The van der Waals surface area contributed by atoms with Gasteiger partial charge in [-0.3, -0.25) is 4.79 Å². The second-order valence-corrected chi connectivity index (χ2v) is 8.07. The van der Waals surface area contributed by atoms with Crippen LogP contribution in [0.1, 0.15) is 45.6 Å². The first-order chi connectivity index (χ1) is 14.0. The minimum Gasteiger partial charge on any atom is -0.477 e. The summed E-state index contributed by atoms with van der Waals surface area (Å²) in [7, 11) is 1.91. The fourth-order valence-corrected chi connectivity index (χ4v) is 3.80. The molecule has 0 spiro atoms. The van der Waals surface area contributed by atoms with Crippen molar-refractivity contribution in [1.29, 1.82) is 0 Å². The number of piperidine rings is 1. The Morgan fingerprint density at radius 1 is 1.31 bits per heavy atom. The molecule has 0 bridgehead atoms. The van der Waals surface area contributed by atoms with Crippen LogP contribution in [0.4, 0.5) is 0 Å². The van der Waals surface area contributed by atoms with Crippen molar-refractivity contribution in [1.82, 2.24) is 14.8 Å². The van der Waals surface area contributed by atoms with Crippen LogP contribution in [0.25, 0.3) is 17.0 Å². The molecule has 0 saturated carbocycles. The average Bonchev–Trinajstić information content (AvgIpc) is 2.75. The Morgan fingerprint density at radius 2 is 2.03 bits per heavy atom. The van der Waals surface area contributed by atoms with E-state index in [0.29, 0.717) is 24.6 Å². The molecule has 1 aromatic heterocycles. The summed E-state index contributed by atoms with van der Waals surface area (Å²) < 4.78 is 5.84. The summed E-state index contributed by atoms with van der Waals surface area (Å²) in [5, 5.41) is 1.04. The Morgan fingerprint density at radius 3 is 2.72 bits per heavy atom. The van der Waals surface area contributed by atoms with Gasteiger partial charge in [-0.25, -0.2) is 4.98 Å². The van der Waals surface area contributed by atoms with E-state index in [0.717, 1.165) is 48.8 Å². The Kier molecular flexibility index (Phi) is 7.26. The normalized spacial score (nSPS) is 16.0. The number of hydrogen-bond donors (Lipinski definition) is 0. The van der Waals surface area contributed by atoms with Gasteiger partial charge in [0.2, 0.25) is 11.8 Å². The number of amides is 1. The lowest BCUT2D eigenvalue weighted by Crippen LogP contribution is -2.47. The first-order valence-corrected chi connectivity index (χ1v) is 10.7. The third-order valence-corrected chi connectivity index (χ3v) is 5.69. The summed E-state index contributed by atoms with van der Waals surface area (Å²) in [6.45, 7) is 9.23. The van der Waals surface area contributed by atoms with Crippen molar-refractivity contribution < 1.29 is 9.53 Å². The van der Waals surface area contributed by atoms with Gasteiger partial charge in [0.15, 0.2) is 0 Å². The lowest BCUT2D eigenvalue weighted by atomic mass is 10.0. The number of ether oxygens (including phenoxy) is 1.